The van der Waals surface area contributed by atoms with Crippen LogP contribution in [-0.2, 0) is 29.5 Å². The fourth-order valence-electron chi connectivity index (χ4n) is 5.51. The van der Waals surface area contributed by atoms with Crippen LogP contribution in [0.5, 0.6) is 0 Å². The fourth-order valence-corrected chi connectivity index (χ4v) is 7.74. The van der Waals surface area contributed by atoms with Crippen molar-refractivity contribution in [3.63, 3.8) is 0 Å². The van der Waals surface area contributed by atoms with Gasteiger partial charge in [0.05, 0.1) is 34.0 Å². The first-order valence-corrected chi connectivity index (χ1v) is 16.3. The molecule has 234 valence electrons. The van der Waals surface area contributed by atoms with Gasteiger partial charge in [-0.1, -0.05) is 42.3 Å². The Kier molecular flexibility index (Phi) is 9.29. The fraction of sp³-hybridized carbons (Fsp3) is 0.212. The van der Waals surface area contributed by atoms with Crippen LogP contribution in [0.1, 0.15) is 57.2 Å². The molecule has 0 aliphatic rings. The normalized spacial score (nSPS) is 11.6. The van der Waals surface area contributed by atoms with Crippen molar-refractivity contribution in [2.45, 2.75) is 45.2 Å². The number of carbonyl (C=O) groups is 2. The third kappa shape index (κ3) is 6.18. The Bertz CT molecular complexity index is 2000. The summed E-state index contributed by atoms with van der Waals surface area (Å²) in [5.74, 6) is -1.32. The molecular weight excluding hydrogens is 639 g/mol. The molecule has 0 spiro atoms. The van der Waals surface area contributed by atoms with E-state index in [4.69, 9.17) is 32.0 Å². The lowest BCUT2D eigenvalue weighted by molar-refractivity contribution is 0.0662. The molecular formula is C33H30Cl2N2O7S. The topological polar surface area (TPSA) is 121 Å². The van der Waals surface area contributed by atoms with Crippen LogP contribution in [0.15, 0.2) is 86.7 Å². The minimum atomic E-state index is -4.21. The number of hydrogen-bond acceptors (Lipinski definition) is 6. The van der Waals surface area contributed by atoms with Crippen molar-refractivity contribution in [2.24, 2.45) is 0 Å². The number of carbonyl (C=O) groups excluding carboxylic acids is 1. The molecule has 45 heavy (non-hydrogen) atoms. The first kappa shape index (κ1) is 32.2. The number of anilines is 1. The number of nitrogens with zero attached hydrogens (tertiary/aromatic N) is 2. The number of sulfonamides is 1. The Morgan fingerprint density at radius 3 is 2.36 bits per heavy atom. The van der Waals surface area contributed by atoms with Gasteiger partial charge in [-0.15, -0.1) is 0 Å². The van der Waals surface area contributed by atoms with Crippen molar-refractivity contribution in [1.82, 2.24) is 4.90 Å². The number of furan rings is 2. The van der Waals surface area contributed by atoms with Gasteiger partial charge in [0.15, 0.2) is 0 Å². The van der Waals surface area contributed by atoms with Crippen LogP contribution in [-0.4, -0.2) is 36.8 Å². The van der Waals surface area contributed by atoms with E-state index in [-0.39, 0.29) is 46.8 Å². The van der Waals surface area contributed by atoms with E-state index in [1.165, 1.54) is 27.6 Å². The molecule has 12 heteroatoms. The predicted molar refractivity (Wildman–Crippen MR) is 173 cm³/mol. The van der Waals surface area contributed by atoms with Gasteiger partial charge < -0.3 is 18.8 Å². The Morgan fingerprint density at radius 1 is 0.956 bits per heavy atom. The lowest BCUT2D eigenvalue weighted by Crippen LogP contribution is -2.34. The van der Waals surface area contributed by atoms with Crippen molar-refractivity contribution in [2.75, 3.05) is 10.8 Å². The lowest BCUT2D eigenvalue weighted by Gasteiger charge is -2.29. The highest BCUT2D eigenvalue weighted by atomic mass is 35.5. The zero-order valence-electron chi connectivity index (χ0n) is 24.7. The number of aromatic carboxylic acids is 1. The molecule has 0 unspecified atom stereocenters. The summed E-state index contributed by atoms with van der Waals surface area (Å²) in [5, 5.41) is 10.7. The minimum Gasteiger partial charge on any atom is -0.475 e. The number of aryl methyl sites for hydroxylation is 2. The van der Waals surface area contributed by atoms with E-state index >= 15 is 0 Å². The lowest BCUT2D eigenvalue weighted by atomic mass is 10.0. The van der Waals surface area contributed by atoms with Crippen LogP contribution in [0.4, 0.5) is 5.69 Å². The third-order valence-corrected chi connectivity index (χ3v) is 10.1. The summed E-state index contributed by atoms with van der Waals surface area (Å²) in [7, 11) is -4.21. The van der Waals surface area contributed by atoms with Crippen molar-refractivity contribution in [1.29, 1.82) is 0 Å². The summed E-state index contributed by atoms with van der Waals surface area (Å²) in [6.07, 6.45) is 1.81. The SMILES string of the molecule is CCc1c(S(=O)(=O)N(CC)c2ccc(Cl)cc2CN(Cc2ccco2)C(=O)c2ccccc2Cl)ccc2oc(C(=O)O)c(C)c12. The average molecular weight is 670 g/mol. The summed E-state index contributed by atoms with van der Waals surface area (Å²) < 4.78 is 41.3. The Balaban J connectivity index is 1.61. The molecule has 5 rings (SSSR count). The molecule has 9 nitrogen and oxygen atoms in total. The zero-order valence-corrected chi connectivity index (χ0v) is 27.0. The van der Waals surface area contributed by atoms with Gasteiger partial charge in [0, 0.05) is 29.1 Å². The number of benzene rings is 3. The van der Waals surface area contributed by atoms with Crippen molar-refractivity contribution < 1.29 is 31.9 Å². The largest absolute Gasteiger partial charge is 0.475 e. The minimum absolute atomic E-state index is 0.0187. The Labute approximate surface area is 270 Å². The predicted octanol–water partition coefficient (Wildman–Crippen LogP) is 7.96. The van der Waals surface area contributed by atoms with Crippen molar-refractivity contribution in [3.05, 3.63) is 117 Å². The average Bonchev–Trinajstić information content (AvgIpc) is 3.65. The molecule has 0 radical (unpaired) electrons. The first-order chi connectivity index (χ1) is 21.5. The number of fused-ring (bicyclic) bond motifs is 1. The van der Waals surface area contributed by atoms with Crippen LogP contribution in [0.3, 0.4) is 0 Å². The maximum absolute atomic E-state index is 14.5. The van der Waals surface area contributed by atoms with Gasteiger partial charge in [-0.25, -0.2) is 13.2 Å². The molecule has 2 aromatic heterocycles. The second kappa shape index (κ2) is 13.0. The second-order valence-electron chi connectivity index (χ2n) is 10.3. The van der Waals surface area contributed by atoms with E-state index < -0.39 is 16.0 Å². The second-order valence-corrected chi connectivity index (χ2v) is 13.0. The number of carboxylic acid groups (broad SMARTS) is 1. The van der Waals surface area contributed by atoms with Crippen LogP contribution >= 0.6 is 23.2 Å². The number of halogens is 2. The number of rotatable bonds is 11. The van der Waals surface area contributed by atoms with Gasteiger partial charge in [0.1, 0.15) is 11.3 Å². The van der Waals surface area contributed by atoms with E-state index in [0.717, 1.165) is 0 Å². The van der Waals surface area contributed by atoms with Crippen molar-refractivity contribution in [3.8, 4) is 0 Å². The van der Waals surface area contributed by atoms with Crippen LogP contribution in [0.2, 0.25) is 10.0 Å². The molecule has 0 bridgehead atoms. The van der Waals surface area contributed by atoms with Gasteiger partial charge in [-0.2, -0.15) is 0 Å². The summed E-state index contributed by atoms with van der Waals surface area (Å²) in [6, 6.07) is 17.9. The molecule has 0 saturated heterocycles. The van der Waals surface area contributed by atoms with E-state index in [1.54, 1.807) is 75.4 Å². The zero-order chi connectivity index (χ0) is 32.5. The quantitative estimate of drug-likeness (QED) is 0.151. The van der Waals surface area contributed by atoms with E-state index in [1.807, 2.05) is 0 Å². The molecule has 2 heterocycles. The molecule has 1 amide bonds. The van der Waals surface area contributed by atoms with E-state index in [2.05, 4.69) is 0 Å². The molecule has 0 aliphatic heterocycles. The Hall–Kier alpha value is -4.25. The van der Waals surface area contributed by atoms with Gasteiger partial charge in [-0.3, -0.25) is 9.10 Å². The van der Waals surface area contributed by atoms with Crippen LogP contribution in [0.25, 0.3) is 11.0 Å². The summed E-state index contributed by atoms with van der Waals surface area (Å²) in [5.41, 5.74) is 2.19. The molecule has 0 atom stereocenters. The maximum Gasteiger partial charge on any atom is 0.372 e. The van der Waals surface area contributed by atoms with Gasteiger partial charge in [0.2, 0.25) is 5.76 Å². The highest BCUT2D eigenvalue weighted by Gasteiger charge is 2.31. The molecule has 3 aromatic carbocycles. The monoisotopic (exact) mass is 668 g/mol. The van der Waals surface area contributed by atoms with Crippen molar-refractivity contribution >= 4 is 61.8 Å². The number of carboxylic acids is 1. The molecule has 0 fully saturated rings. The summed E-state index contributed by atoms with van der Waals surface area (Å²) >= 11 is 12.8. The molecule has 5 aromatic rings. The van der Waals surface area contributed by atoms with Gasteiger partial charge >= 0.3 is 5.97 Å². The number of amides is 1. The molecule has 1 N–H and O–H groups in total. The molecule has 0 aliphatic carbocycles. The summed E-state index contributed by atoms with van der Waals surface area (Å²) in [4.78, 5) is 27.1. The number of hydrogen-bond donors (Lipinski definition) is 1. The standard InChI is InChI=1S/C33H30Cl2N2O7S/c1-4-24-29(15-14-28-30(24)20(3)31(44-28)33(39)40)45(41,42)37(5-2)27-13-12-22(34)17-21(27)18-36(19-23-9-8-16-43-23)32(38)25-10-6-7-11-26(25)35/h6-17H,4-5,18-19H2,1-3H3,(H,39,40). The Morgan fingerprint density at radius 2 is 1.71 bits per heavy atom. The molecule has 0 saturated carbocycles. The highest BCUT2D eigenvalue weighted by molar-refractivity contribution is 7.92. The summed E-state index contributed by atoms with van der Waals surface area (Å²) in [6.45, 7) is 5.24. The maximum atomic E-state index is 14.5. The van der Waals surface area contributed by atoms with Gasteiger partial charge in [-0.05, 0) is 86.0 Å². The van der Waals surface area contributed by atoms with Gasteiger partial charge in [0.25, 0.3) is 15.9 Å². The smallest absolute Gasteiger partial charge is 0.372 e. The van der Waals surface area contributed by atoms with E-state index in [0.29, 0.717) is 50.6 Å². The first-order valence-electron chi connectivity index (χ1n) is 14.1. The van der Waals surface area contributed by atoms with Crippen LogP contribution in [0, 0.1) is 6.92 Å². The van der Waals surface area contributed by atoms with E-state index in [9.17, 15) is 23.1 Å². The van der Waals surface area contributed by atoms with Crippen LogP contribution < -0.4 is 4.31 Å². The third-order valence-electron chi connectivity index (χ3n) is 7.55. The highest BCUT2D eigenvalue weighted by Crippen LogP contribution is 2.37.